The minimum Gasteiger partial charge on any atom is -0.384 e. The van der Waals surface area contributed by atoms with E-state index in [-0.39, 0.29) is 5.82 Å². The quantitative estimate of drug-likeness (QED) is 0.483. The van der Waals surface area contributed by atoms with Gasteiger partial charge in [0.05, 0.1) is 6.54 Å². The Morgan fingerprint density at radius 3 is 2.29 bits per heavy atom. The van der Waals surface area contributed by atoms with Crippen LogP contribution in [0.5, 0.6) is 0 Å². The normalized spacial score (nSPS) is 13.5. The number of nitrogens with zero attached hydrogens (tertiary/aromatic N) is 4. The highest BCUT2D eigenvalue weighted by Gasteiger charge is 2.35. The predicted molar refractivity (Wildman–Crippen MR) is 87.3 cm³/mol. The summed E-state index contributed by atoms with van der Waals surface area (Å²) in [6.07, 6.45) is 3.03. The highest BCUT2D eigenvalue weighted by Crippen LogP contribution is 2.32. The number of benzene rings is 1. The fourth-order valence-corrected chi connectivity index (χ4v) is 4.54. The summed E-state index contributed by atoms with van der Waals surface area (Å²) < 4.78 is 14.7. The van der Waals surface area contributed by atoms with Gasteiger partial charge in [0.15, 0.2) is 0 Å². The zero-order valence-electron chi connectivity index (χ0n) is 13.8. The Hall–Kier alpha value is -2.33. The third-order valence-electron chi connectivity index (χ3n) is 3.09. The lowest BCUT2D eigenvalue weighted by Gasteiger charge is -2.33. The van der Waals surface area contributed by atoms with E-state index < -0.39 is 18.8 Å². The highest BCUT2D eigenvalue weighted by molar-refractivity contribution is 6.76. The first-order valence-corrected chi connectivity index (χ1v) is 10.9. The van der Waals surface area contributed by atoms with E-state index in [4.69, 9.17) is 15.3 Å². The van der Waals surface area contributed by atoms with Crippen molar-refractivity contribution in [2.24, 2.45) is 0 Å². The van der Waals surface area contributed by atoms with Gasteiger partial charge in [0.1, 0.15) is 24.1 Å². The minimum atomic E-state index is -1.53. The topological polar surface area (TPSA) is 114 Å². The van der Waals surface area contributed by atoms with Crippen molar-refractivity contribution in [3.8, 4) is 0 Å². The molecule has 10 heteroatoms. The van der Waals surface area contributed by atoms with Crippen molar-refractivity contribution in [3.63, 3.8) is 0 Å². The van der Waals surface area contributed by atoms with Gasteiger partial charge in [-0.25, -0.2) is 14.1 Å². The van der Waals surface area contributed by atoms with Crippen LogP contribution in [0.2, 0.25) is 25.7 Å². The van der Waals surface area contributed by atoms with Crippen LogP contribution < -0.4 is 0 Å². The molecule has 2 N–H and O–H groups in total. The second-order valence-electron chi connectivity index (χ2n) is 6.61. The molecule has 1 heterocycles. The lowest BCUT2D eigenvalue weighted by Crippen LogP contribution is -2.39. The Kier molecular flexibility index (Phi) is 6.55. The van der Waals surface area contributed by atoms with E-state index in [1.54, 1.807) is 23.1 Å². The Bertz CT molecular complexity index is 642. The van der Waals surface area contributed by atoms with Crippen LogP contribution in [0, 0.1) is 15.9 Å². The Labute approximate surface area is 139 Å². The SMILES string of the molecule is C[Si](C)(C)CC(O)(Cn1cncn1)c1ccc(F)cc1.O=[N+]([O-])O. The molecule has 0 fully saturated rings. The van der Waals surface area contributed by atoms with Crippen LogP contribution in [-0.2, 0) is 12.1 Å². The second kappa shape index (κ2) is 7.97. The maximum atomic E-state index is 13.1. The molecule has 132 valence electrons. The molecule has 0 amide bonds. The summed E-state index contributed by atoms with van der Waals surface area (Å²) in [5.41, 5.74) is -0.330. The third-order valence-corrected chi connectivity index (χ3v) is 4.74. The Morgan fingerprint density at radius 1 is 1.33 bits per heavy atom. The second-order valence-corrected chi connectivity index (χ2v) is 12.1. The van der Waals surface area contributed by atoms with Gasteiger partial charge in [-0.1, -0.05) is 31.8 Å². The van der Waals surface area contributed by atoms with Crippen molar-refractivity contribution in [3.05, 3.63) is 58.4 Å². The van der Waals surface area contributed by atoms with Crippen LogP contribution in [0.25, 0.3) is 0 Å². The van der Waals surface area contributed by atoms with Crippen molar-refractivity contribution in [2.75, 3.05) is 0 Å². The molecule has 0 bridgehead atoms. The molecule has 0 aliphatic carbocycles. The molecule has 1 atom stereocenters. The molecular formula is C14H21FN4O4Si. The van der Waals surface area contributed by atoms with Gasteiger partial charge in [0.25, 0.3) is 5.09 Å². The largest absolute Gasteiger partial charge is 0.384 e. The van der Waals surface area contributed by atoms with E-state index in [9.17, 15) is 9.50 Å². The molecule has 24 heavy (non-hydrogen) atoms. The summed E-state index contributed by atoms with van der Waals surface area (Å²) >= 11 is 0. The monoisotopic (exact) mass is 356 g/mol. The number of halogens is 1. The number of hydrogen-bond acceptors (Lipinski definition) is 5. The maximum Gasteiger partial charge on any atom is 0.291 e. The van der Waals surface area contributed by atoms with Crippen molar-refractivity contribution in [2.45, 2.75) is 37.8 Å². The standard InChI is InChI=1S/C14H20FN3OSi.HNO3/c1-20(2,3)9-14(19,8-18-11-16-10-17-18)12-4-6-13(15)7-5-12;2-1(3)4/h4-7,10-11,19H,8-9H2,1-3H3;(H,2,3,4). The average Bonchev–Trinajstić information content (AvgIpc) is 2.89. The molecule has 0 saturated carbocycles. The maximum absolute atomic E-state index is 13.1. The number of aliphatic hydroxyl groups is 1. The summed E-state index contributed by atoms with van der Waals surface area (Å²) in [4.78, 5) is 12.3. The number of rotatable bonds is 5. The van der Waals surface area contributed by atoms with Gasteiger partial charge in [-0.05, 0) is 23.7 Å². The van der Waals surface area contributed by atoms with Gasteiger partial charge in [-0.15, -0.1) is 10.1 Å². The average molecular weight is 356 g/mol. The zero-order valence-corrected chi connectivity index (χ0v) is 14.8. The molecule has 8 nitrogen and oxygen atoms in total. The van der Waals surface area contributed by atoms with Crippen LogP contribution >= 0.6 is 0 Å². The van der Waals surface area contributed by atoms with Crippen LogP contribution in [0.4, 0.5) is 4.39 Å². The molecule has 2 rings (SSSR count). The van der Waals surface area contributed by atoms with E-state index in [2.05, 4.69) is 29.7 Å². The van der Waals surface area contributed by atoms with E-state index in [0.29, 0.717) is 12.6 Å². The molecule has 0 radical (unpaired) electrons. The molecule has 0 spiro atoms. The van der Waals surface area contributed by atoms with Gasteiger partial charge in [0, 0.05) is 8.07 Å². The Balaban J connectivity index is 0.000000648. The van der Waals surface area contributed by atoms with Crippen molar-refractivity contribution < 1.29 is 19.8 Å². The van der Waals surface area contributed by atoms with Crippen LogP contribution in [0.1, 0.15) is 5.56 Å². The lowest BCUT2D eigenvalue weighted by molar-refractivity contribution is -0.742. The molecule has 0 aliphatic rings. The van der Waals surface area contributed by atoms with E-state index in [1.165, 1.54) is 18.5 Å². The van der Waals surface area contributed by atoms with Crippen molar-refractivity contribution >= 4 is 8.07 Å². The summed E-state index contributed by atoms with van der Waals surface area (Å²) in [5, 5.41) is 28.8. The smallest absolute Gasteiger partial charge is 0.291 e. The summed E-state index contributed by atoms with van der Waals surface area (Å²) in [7, 11) is -1.53. The van der Waals surface area contributed by atoms with Crippen molar-refractivity contribution in [1.29, 1.82) is 0 Å². The van der Waals surface area contributed by atoms with Crippen LogP contribution in [0.15, 0.2) is 36.9 Å². The van der Waals surface area contributed by atoms with E-state index in [0.717, 1.165) is 5.56 Å². The van der Waals surface area contributed by atoms with Gasteiger partial charge in [0.2, 0.25) is 0 Å². The highest BCUT2D eigenvalue weighted by atomic mass is 28.3. The van der Waals surface area contributed by atoms with E-state index in [1.807, 2.05) is 0 Å². The summed E-state index contributed by atoms with van der Waals surface area (Å²) in [5.74, 6) is -0.301. The minimum absolute atomic E-state index is 0.301. The van der Waals surface area contributed by atoms with Gasteiger partial charge in [-0.3, -0.25) is 0 Å². The molecule has 0 aliphatic heterocycles. The lowest BCUT2D eigenvalue weighted by atomic mass is 9.96. The summed E-state index contributed by atoms with van der Waals surface area (Å²) in [6.45, 7) is 6.91. The molecule has 1 aromatic heterocycles. The molecule has 2 aromatic rings. The molecule has 1 unspecified atom stereocenters. The van der Waals surface area contributed by atoms with Gasteiger partial charge >= 0.3 is 0 Å². The fraction of sp³-hybridized carbons (Fsp3) is 0.429. The first-order valence-electron chi connectivity index (χ1n) is 7.16. The van der Waals surface area contributed by atoms with Crippen molar-refractivity contribution in [1.82, 2.24) is 14.8 Å². The van der Waals surface area contributed by atoms with E-state index >= 15 is 0 Å². The van der Waals surface area contributed by atoms with Crippen LogP contribution in [-0.4, -0.2) is 38.2 Å². The number of aromatic nitrogens is 3. The molecule has 1 aromatic carbocycles. The first kappa shape index (κ1) is 19.7. The molecular weight excluding hydrogens is 335 g/mol. The van der Waals surface area contributed by atoms with Crippen LogP contribution in [0.3, 0.4) is 0 Å². The predicted octanol–water partition coefficient (Wildman–Crippen LogP) is 2.30. The summed E-state index contributed by atoms with van der Waals surface area (Å²) in [6, 6.07) is 6.72. The third kappa shape index (κ3) is 6.83. The zero-order chi connectivity index (χ0) is 18.4. The van der Waals surface area contributed by atoms with Gasteiger partial charge in [-0.2, -0.15) is 5.10 Å². The first-order chi connectivity index (χ1) is 11.0. The molecule has 0 saturated heterocycles. The fourth-order valence-electron chi connectivity index (χ4n) is 2.47. The Morgan fingerprint density at radius 2 is 1.88 bits per heavy atom. The van der Waals surface area contributed by atoms with Gasteiger partial charge < -0.3 is 10.3 Å². The number of hydrogen-bond donors (Lipinski definition) is 2.